The molecule has 4 rings (SSSR count). The molecule has 0 aliphatic carbocycles. The summed E-state index contributed by atoms with van der Waals surface area (Å²) in [6.45, 7) is 11.5. The van der Waals surface area contributed by atoms with E-state index >= 15 is 0 Å². The summed E-state index contributed by atoms with van der Waals surface area (Å²) in [7, 11) is 0. The van der Waals surface area contributed by atoms with Crippen molar-refractivity contribution in [3.63, 3.8) is 0 Å². The maximum Gasteiger partial charge on any atom is 0.257 e. The van der Waals surface area contributed by atoms with Crippen molar-refractivity contribution in [2.45, 2.75) is 52.5 Å². The smallest absolute Gasteiger partial charge is 0.257 e. The van der Waals surface area contributed by atoms with E-state index < -0.39 is 5.82 Å². The highest BCUT2D eigenvalue weighted by Crippen LogP contribution is 2.28. The number of carbonyl (C=O) groups is 1. The molecule has 2 aromatic rings. The molecule has 6 heteroatoms. The third-order valence-electron chi connectivity index (χ3n) is 7.13. The van der Waals surface area contributed by atoms with Gasteiger partial charge in [0.1, 0.15) is 11.6 Å². The predicted octanol–water partition coefficient (Wildman–Crippen LogP) is 5.23. The Morgan fingerprint density at radius 3 is 2.34 bits per heavy atom. The number of piperidine rings is 1. The predicted molar refractivity (Wildman–Crippen MR) is 137 cm³/mol. The highest BCUT2D eigenvalue weighted by molar-refractivity contribution is 5.95. The summed E-state index contributed by atoms with van der Waals surface area (Å²) >= 11 is 0. The molecule has 2 fully saturated rings. The van der Waals surface area contributed by atoms with Gasteiger partial charge in [0.15, 0.2) is 0 Å². The van der Waals surface area contributed by atoms with Gasteiger partial charge in [-0.2, -0.15) is 0 Å². The molecule has 0 saturated carbocycles. The van der Waals surface area contributed by atoms with Crippen LogP contribution in [0.4, 0.5) is 4.39 Å². The van der Waals surface area contributed by atoms with E-state index in [1.165, 1.54) is 6.07 Å². The van der Waals surface area contributed by atoms with Gasteiger partial charge in [-0.05, 0) is 85.5 Å². The van der Waals surface area contributed by atoms with Gasteiger partial charge in [-0.15, -0.1) is 0 Å². The maximum atomic E-state index is 14.9. The summed E-state index contributed by atoms with van der Waals surface area (Å²) in [5, 5.41) is 9.48. The number of rotatable bonds is 7. The molecule has 2 saturated heterocycles. The minimum absolute atomic E-state index is 0.0580. The Labute approximate surface area is 208 Å². The van der Waals surface area contributed by atoms with Crippen molar-refractivity contribution < 1.29 is 19.0 Å². The van der Waals surface area contributed by atoms with E-state index in [1.54, 1.807) is 17.0 Å². The number of nitrogens with zero attached hydrogens (tertiary/aromatic N) is 2. The minimum atomic E-state index is -0.533. The van der Waals surface area contributed by atoms with Gasteiger partial charge in [-0.1, -0.05) is 39.0 Å². The fourth-order valence-electron chi connectivity index (χ4n) is 5.26. The zero-order chi connectivity index (χ0) is 25.0. The largest absolute Gasteiger partial charge is 0.493 e. The van der Waals surface area contributed by atoms with Crippen LogP contribution in [0.5, 0.6) is 5.75 Å². The molecule has 1 N–H and O–H groups in total. The Balaban J connectivity index is 1.31. The van der Waals surface area contributed by atoms with Crippen molar-refractivity contribution in [2.75, 3.05) is 39.4 Å². The molecule has 0 aromatic heterocycles. The van der Waals surface area contributed by atoms with Gasteiger partial charge in [0, 0.05) is 13.1 Å². The highest BCUT2D eigenvalue weighted by Gasteiger charge is 2.30. The second kappa shape index (κ2) is 11.1. The molecule has 2 aliphatic heterocycles. The molecule has 0 spiro atoms. The first-order valence-electron chi connectivity index (χ1n) is 12.9. The quantitative estimate of drug-likeness (QED) is 0.587. The van der Waals surface area contributed by atoms with Crippen molar-refractivity contribution in [1.29, 1.82) is 0 Å². The van der Waals surface area contributed by atoms with E-state index in [9.17, 15) is 14.3 Å². The second-order valence-corrected chi connectivity index (χ2v) is 11.3. The molecule has 190 valence electrons. The number of carbonyl (C=O) groups excluding carboxylic acids is 1. The second-order valence-electron chi connectivity index (χ2n) is 11.3. The number of aliphatic hydroxyl groups is 1. The van der Waals surface area contributed by atoms with Crippen LogP contribution in [0.2, 0.25) is 0 Å². The first kappa shape index (κ1) is 25.6. The zero-order valence-electron chi connectivity index (χ0n) is 21.3. The van der Waals surface area contributed by atoms with E-state index in [0.717, 1.165) is 68.8 Å². The zero-order valence-corrected chi connectivity index (χ0v) is 21.3. The van der Waals surface area contributed by atoms with E-state index in [0.29, 0.717) is 17.9 Å². The normalized spacial score (nSPS) is 19.8. The van der Waals surface area contributed by atoms with Gasteiger partial charge < -0.3 is 19.6 Å². The third-order valence-corrected chi connectivity index (χ3v) is 7.13. The van der Waals surface area contributed by atoms with E-state index in [-0.39, 0.29) is 24.1 Å². The Hall–Kier alpha value is -2.44. The monoisotopic (exact) mass is 482 g/mol. The number of amides is 1. The molecule has 1 amide bonds. The topological polar surface area (TPSA) is 53.0 Å². The van der Waals surface area contributed by atoms with Crippen LogP contribution in [-0.2, 0) is 0 Å². The minimum Gasteiger partial charge on any atom is -0.493 e. The third kappa shape index (κ3) is 6.62. The van der Waals surface area contributed by atoms with Crippen LogP contribution >= 0.6 is 0 Å². The average Bonchev–Trinajstić information content (AvgIpc) is 3.31. The molecule has 2 aliphatic rings. The molecule has 5 nitrogen and oxygen atoms in total. The van der Waals surface area contributed by atoms with Crippen LogP contribution in [0.1, 0.15) is 56.8 Å². The summed E-state index contributed by atoms with van der Waals surface area (Å²) in [5.41, 5.74) is 1.99. The highest BCUT2D eigenvalue weighted by atomic mass is 19.1. The summed E-state index contributed by atoms with van der Waals surface area (Å²) in [5.74, 6) is 0.515. The number of halogens is 1. The molecule has 2 heterocycles. The van der Waals surface area contributed by atoms with Gasteiger partial charge in [-0.25, -0.2) is 4.39 Å². The van der Waals surface area contributed by atoms with Gasteiger partial charge in [0.25, 0.3) is 5.91 Å². The summed E-state index contributed by atoms with van der Waals surface area (Å²) in [6, 6.07) is 12.2. The fourth-order valence-corrected chi connectivity index (χ4v) is 5.26. The lowest BCUT2D eigenvalue weighted by Crippen LogP contribution is -2.40. The molecule has 0 bridgehead atoms. The molecular weight excluding hydrogens is 443 g/mol. The van der Waals surface area contributed by atoms with Crippen molar-refractivity contribution in [2.24, 2.45) is 11.3 Å². The molecule has 35 heavy (non-hydrogen) atoms. The van der Waals surface area contributed by atoms with Crippen LogP contribution in [0.25, 0.3) is 11.1 Å². The van der Waals surface area contributed by atoms with Crippen LogP contribution in [-0.4, -0.2) is 66.2 Å². The van der Waals surface area contributed by atoms with Crippen molar-refractivity contribution in [3.8, 4) is 16.9 Å². The first-order valence-corrected chi connectivity index (χ1v) is 12.9. The number of likely N-dealkylation sites (tertiary alicyclic amines) is 2. The van der Waals surface area contributed by atoms with Crippen molar-refractivity contribution in [1.82, 2.24) is 9.80 Å². The van der Waals surface area contributed by atoms with Gasteiger partial charge in [0.2, 0.25) is 0 Å². The SMILES string of the molecule is CC(C)(C)CN1CCC(COc2ccc(-c3ccc(C(=O)N4CCCC4CO)c(F)c3)cc2)CC1. The molecule has 0 radical (unpaired) electrons. The lowest BCUT2D eigenvalue weighted by Gasteiger charge is -2.35. The lowest BCUT2D eigenvalue weighted by atomic mass is 9.92. The fraction of sp³-hybridized carbons (Fsp3) is 0.552. The van der Waals surface area contributed by atoms with Crippen LogP contribution in [0, 0.1) is 17.2 Å². The Morgan fingerprint density at radius 1 is 1.03 bits per heavy atom. The standard InChI is InChI=1S/C29H39FN2O3/c1-29(2,3)20-31-15-12-21(13-16-31)19-35-25-9-6-22(7-10-25)23-8-11-26(27(30)17-23)28(34)32-14-4-5-24(32)18-33/h6-11,17,21,24,33H,4-5,12-16,18-20H2,1-3H3. The Morgan fingerprint density at radius 2 is 1.71 bits per heavy atom. The molecule has 2 aromatic carbocycles. The number of hydrogen-bond donors (Lipinski definition) is 1. The average molecular weight is 483 g/mol. The number of benzene rings is 2. The Kier molecular flexibility index (Phi) is 8.12. The molecule has 1 unspecified atom stereocenters. The van der Waals surface area contributed by atoms with E-state index in [4.69, 9.17) is 4.74 Å². The van der Waals surface area contributed by atoms with E-state index in [1.807, 2.05) is 24.3 Å². The summed E-state index contributed by atoms with van der Waals surface area (Å²) < 4.78 is 20.9. The van der Waals surface area contributed by atoms with Crippen LogP contribution < -0.4 is 4.74 Å². The first-order chi connectivity index (χ1) is 16.7. The van der Waals surface area contributed by atoms with Crippen molar-refractivity contribution >= 4 is 5.91 Å². The Bertz CT molecular complexity index is 994. The van der Waals surface area contributed by atoms with Gasteiger partial charge >= 0.3 is 0 Å². The maximum absolute atomic E-state index is 14.9. The number of hydrogen-bond acceptors (Lipinski definition) is 4. The van der Waals surface area contributed by atoms with Gasteiger partial charge in [0.05, 0.1) is 24.8 Å². The molecular formula is C29H39FN2O3. The van der Waals surface area contributed by atoms with Crippen LogP contribution in [0.15, 0.2) is 42.5 Å². The van der Waals surface area contributed by atoms with Crippen LogP contribution in [0.3, 0.4) is 0 Å². The lowest BCUT2D eigenvalue weighted by molar-refractivity contribution is 0.0673. The summed E-state index contributed by atoms with van der Waals surface area (Å²) in [4.78, 5) is 16.9. The van der Waals surface area contributed by atoms with E-state index in [2.05, 4.69) is 25.7 Å². The summed E-state index contributed by atoms with van der Waals surface area (Å²) in [6.07, 6.45) is 3.91. The number of ether oxygens (including phenoxy) is 1. The molecule has 1 atom stereocenters. The van der Waals surface area contributed by atoms with Crippen molar-refractivity contribution in [3.05, 3.63) is 53.8 Å². The number of aliphatic hydroxyl groups excluding tert-OH is 1. The van der Waals surface area contributed by atoms with Gasteiger partial charge in [-0.3, -0.25) is 4.79 Å².